The van der Waals surface area contributed by atoms with Gasteiger partial charge >= 0.3 is 5.97 Å². The van der Waals surface area contributed by atoms with Crippen molar-refractivity contribution in [2.24, 2.45) is 5.10 Å². The van der Waals surface area contributed by atoms with Crippen molar-refractivity contribution in [3.8, 4) is 5.75 Å². The van der Waals surface area contributed by atoms with Crippen molar-refractivity contribution in [1.82, 2.24) is 5.43 Å². The molecule has 0 bridgehead atoms. The second-order valence-electron chi connectivity index (χ2n) is 6.50. The van der Waals surface area contributed by atoms with Crippen LogP contribution in [0.3, 0.4) is 0 Å². The van der Waals surface area contributed by atoms with Gasteiger partial charge in [0.05, 0.1) is 21.3 Å². The van der Waals surface area contributed by atoms with Crippen LogP contribution in [0.5, 0.6) is 5.75 Å². The summed E-state index contributed by atoms with van der Waals surface area (Å²) in [5.41, 5.74) is 3.20. The average Bonchev–Trinajstić information content (AvgIpc) is 3.13. The fourth-order valence-corrected chi connectivity index (χ4v) is 4.52. The third-order valence-electron chi connectivity index (χ3n) is 4.39. The maximum absolute atomic E-state index is 12.7. The lowest BCUT2D eigenvalue weighted by molar-refractivity contribution is 0.0739. The summed E-state index contributed by atoms with van der Waals surface area (Å²) in [4.78, 5) is 25.3. The zero-order valence-corrected chi connectivity index (χ0v) is 19.2. The number of hydrogen-bond donors (Lipinski definition) is 1. The molecule has 4 aromatic rings. The Bertz CT molecular complexity index is 1370. The Morgan fingerprint density at radius 1 is 0.938 bits per heavy atom. The lowest BCUT2D eigenvalue weighted by atomic mass is 10.2. The van der Waals surface area contributed by atoms with E-state index >= 15 is 0 Å². The Labute approximate surface area is 202 Å². The van der Waals surface area contributed by atoms with E-state index in [0.717, 1.165) is 10.1 Å². The van der Waals surface area contributed by atoms with Gasteiger partial charge in [0.2, 0.25) is 0 Å². The van der Waals surface area contributed by atoms with Crippen LogP contribution < -0.4 is 10.2 Å². The van der Waals surface area contributed by atoms with Gasteiger partial charge in [-0.2, -0.15) is 5.10 Å². The molecule has 0 unspecified atom stereocenters. The molecule has 0 saturated heterocycles. The fraction of sp³-hybridized carbons (Fsp3) is 0. The second kappa shape index (κ2) is 9.71. The van der Waals surface area contributed by atoms with Crippen molar-refractivity contribution in [1.29, 1.82) is 0 Å². The topological polar surface area (TPSA) is 67.8 Å². The van der Waals surface area contributed by atoms with Crippen LogP contribution in [-0.2, 0) is 0 Å². The number of nitrogens with zero attached hydrogens (tertiary/aromatic N) is 1. The van der Waals surface area contributed by atoms with Crippen LogP contribution in [0.25, 0.3) is 10.1 Å². The van der Waals surface area contributed by atoms with Gasteiger partial charge in [0, 0.05) is 21.2 Å². The first-order chi connectivity index (χ1) is 15.4. The molecular weight excluding hydrogens is 491 g/mol. The number of para-hydroxylation sites is 1. The third-order valence-corrected chi connectivity index (χ3v) is 6.79. The number of esters is 1. The zero-order valence-electron chi connectivity index (χ0n) is 16.1. The molecule has 5 nitrogen and oxygen atoms in total. The van der Waals surface area contributed by atoms with Crippen LogP contribution in [0.2, 0.25) is 15.1 Å². The van der Waals surface area contributed by atoms with Gasteiger partial charge < -0.3 is 4.74 Å². The third kappa shape index (κ3) is 4.79. The van der Waals surface area contributed by atoms with E-state index in [1.165, 1.54) is 35.8 Å². The highest BCUT2D eigenvalue weighted by Crippen LogP contribution is 2.36. The van der Waals surface area contributed by atoms with Crippen molar-refractivity contribution in [3.05, 3.63) is 97.8 Å². The molecule has 0 spiro atoms. The Balaban J connectivity index is 1.50. The van der Waals surface area contributed by atoms with E-state index in [-0.39, 0.29) is 10.8 Å². The Kier molecular flexibility index (Phi) is 6.77. The first-order valence-corrected chi connectivity index (χ1v) is 11.2. The number of fused-ring (bicyclic) bond motifs is 1. The van der Waals surface area contributed by atoms with Gasteiger partial charge in [-0.3, -0.25) is 4.79 Å². The number of halogens is 3. The smallest absolute Gasteiger partial charge is 0.355 e. The van der Waals surface area contributed by atoms with Crippen molar-refractivity contribution < 1.29 is 14.3 Å². The summed E-state index contributed by atoms with van der Waals surface area (Å²) in [5.74, 6) is -0.762. The van der Waals surface area contributed by atoms with Gasteiger partial charge in [-0.15, -0.1) is 11.3 Å². The number of rotatable bonds is 5. The van der Waals surface area contributed by atoms with Crippen molar-refractivity contribution >= 4 is 74.3 Å². The molecule has 4 rings (SSSR count). The molecule has 32 heavy (non-hydrogen) atoms. The summed E-state index contributed by atoms with van der Waals surface area (Å²) in [6, 6.07) is 18.8. The SMILES string of the molecule is O=C(NN=Cc1ccccc1OC(=O)c1sc2ccccc2c1Cl)c1ccc(Cl)c(Cl)c1. The van der Waals surface area contributed by atoms with Gasteiger partial charge in [-0.1, -0.05) is 65.1 Å². The number of ether oxygens (including phenoxy) is 1. The molecule has 160 valence electrons. The summed E-state index contributed by atoms with van der Waals surface area (Å²) in [6.07, 6.45) is 1.38. The van der Waals surface area contributed by atoms with Crippen molar-refractivity contribution in [2.75, 3.05) is 0 Å². The molecule has 0 fully saturated rings. The number of carbonyl (C=O) groups excluding carboxylic acids is 2. The van der Waals surface area contributed by atoms with Gasteiger partial charge in [-0.25, -0.2) is 10.2 Å². The second-order valence-corrected chi connectivity index (χ2v) is 8.74. The molecule has 0 radical (unpaired) electrons. The molecule has 0 aliphatic carbocycles. The van der Waals surface area contributed by atoms with E-state index in [4.69, 9.17) is 39.5 Å². The maximum Gasteiger partial charge on any atom is 0.355 e. The van der Waals surface area contributed by atoms with Crippen LogP contribution in [0.15, 0.2) is 71.8 Å². The number of nitrogens with one attached hydrogen (secondary N) is 1. The quantitative estimate of drug-likeness (QED) is 0.140. The minimum absolute atomic E-state index is 0.264. The van der Waals surface area contributed by atoms with E-state index in [9.17, 15) is 9.59 Å². The van der Waals surface area contributed by atoms with E-state index in [2.05, 4.69) is 10.5 Å². The van der Waals surface area contributed by atoms with Crippen LogP contribution in [0, 0.1) is 0 Å². The highest BCUT2D eigenvalue weighted by molar-refractivity contribution is 7.21. The molecule has 1 amide bonds. The maximum atomic E-state index is 12.7. The Morgan fingerprint density at radius 2 is 1.69 bits per heavy atom. The monoisotopic (exact) mass is 502 g/mol. The minimum atomic E-state index is -0.572. The lowest BCUT2D eigenvalue weighted by Crippen LogP contribution is -2.17. The molecule has 0 aliphatic rings. The summed E-state index contributed by atoms with van der Waals surface area (Å²) >= 11 is 19.4. The van der Waals surface area contributed by atoms with Crippen LogP contribution in [0.4, 0.5) is 0 Å². The predicted octanol–water partition coefficient (Wildman–Crippen LogP) is 6.84. The van der Waals surface area contributed by atoms with Crippen LogP contribution in [-0.4, -0.2) is 18.1 Å². The molecule has 0 atom stereocenters. The Morgan fingerprint density at radius 3 is 2.47 bits per heavy atom. The van der Waals surface area contributed by atoms with Crippen molar-refractivity contribution in [3.63, 3.8) is 0 Å². The summed E-state index contributed by atoms with van der Waals surface area (Å²) in [7, 11) is 0. The van der Waals surface area contributed by atoms with Crippen molar-refractivity contribution in [2.45, 2.75) is 0 Å². The number of thiophene rings is 1. The first-order valence-electron chi connectivity index (χ1n) is 9.20. The molecular formula is C23H13Cl3N2O3S. The molecule has 1 N–H and O–H groups in total. The number of hydrogen-bond acceptors (Lipinski definition) is 5. The van der Waals surface area contributed by atoms with Gasteiger partial charge in [0.1, 0.15) is 10.6 Å². The molecule has 3 aromatic carbocycles. The van der Waals surface area contributed by atoms with E-state index in [1.807, 2.05) is 24.3 Å². The highest BCUT2D eigenvalue weighted by atomic mass is 35.5. The standard InChI is InChI=1S/C23H13Cl3N2O3S/c24-16-10-9-13(11-17(16)25)22(29)28-27-12-14-5-1-3-7-18(14)31-23(30)21-20(26)15-6-2-4-8-19(15)32-21/h1-12H,(H,28,29). The largest absolute Gasteiger partial charge is 0.422 e. The summed E-state index contributed by atoms with van der Waals surface area (Å²) in [6.45, 7) is 0. The van der Waals surface area contributed by atoms with Crippen LogP contribution in [0.1, 0.15) is 25.6 Å². The zero-order chi connectivity index (χ0) is 22.7. The minimum Gasteiger partial charge on any atom is -0.422 e. The molecule has 0 aliphatic heterocycles. The average molecular weight is 504 g/mol. The van der Waals surface area contributed by atoms with Gasteiger partial charge in [0.25, 0.3) is 5.91 Å². The fourth-order valence-electron chi connectivity index (χ4n) is 2.83. The van der Waals surface area contributed by atoms with Gasteiger partial charge in [-0.05, 0) is 36.4 Å². The van der Waals surface area contributed by atoms with Crippen LogP contribution >= 0.6 is 46.1 Å². The van der Waals surface area contributed by atoms with E-state index < -0.39 is 11.9 Å². The molecule has 1 heterocycles. The molecule has 9 heteroatoms. The van der Waals surface area contributed by atoms with E-state index in [0.29, 0.717) is 26.0 Å². The normalized spacial score (nSPS) is 11.1. The predicted molar refractivity (Wildman–Crippen MR) is 130 cm³/mol. The molecule has 0 saturated carbocycles. The Hall–Kier alpha value is -2.90. The molecule has 1 aromatic heterocycles. The van der Waals surface area contributed by atoms with Gasteiger partial charge in [0.15, 0.2) is 0 Å². The van der Waals surface area contributed by atoms with E-state index in [1.54, 1.807) is 24.3 Å². The number of amides is 1. The number of benzene rings is 3. The highest BCUT2D eigenvalue weighted by Gasteiger charge is 2.19. The summed E-state index contributed by atoms with van der Waals surface area (Å²) < 4.78 is 6.46. The number of hydrazone groups is 1. The first kappa shape index (κ1) is 22.3. The lowest BCUT2D eigenvalue weighted by Gasteiger charge is -2.06. The summed E-state index contributed by atoms with van der Waals surface area (Å²) in [5, 5.41) is 5.71. The number of carbonyl (C=O) groups is 2.